The number of hydrogen-bond donors (Lipinski definition) is 4. The topological polar surface area (TPSA) is 99.2 Å². The lowest BCUT2D eigenvalue weighted by molar-refractivity contribution is -0.138. The van der Waals surface area contributed by atoms with Crippen molar-refractivity contribution in [3.8, 4) is 0 Å². The van der Waals surface area contributed by atoms with Crippen LogP contribution in [0.15, 0.2) is 0 Å². The van der Waals surface area contributed by atoms with Crippen molar-refractivity contribution in [2.45, 2.75) is 13.0 Å². The molecule has 60 valence electrons. The molecule has 0 saturated carbocycles. The Bertz CT molecular complexity index is 138. The lowest BCUT2D eigenvalue weighted by atomic mass is 10.3. The number of rotatable bonds is 2. The Balaban J connectivity index is 0. The zero-order chi connectivity index (χ0) is 7.44. The zero-order valence-corrected chi connectivity index (χ0v) is 6.23. The maximum atomic E-state index is 10.0. The molecule has 10 heavy (non-hydrogen) atoms. The number of carbonyl (C=O) groups is 1. The van der Waals surface area contributed by atoms with Crippen LogP contribution in [0.4, 0.5) is 0 Å². The summed E-state index contributed by atoms with van der Waals surface area (Å²) in [7, 11) is 0. The second-order valence-corrected chi connectivity index (χ2v) is 1.62. The van der Waals surface area contributed by atoms with Crippen LogP contribution in [0.2, 0.25) is 0 Å². The van der Waals surface area contributed by atoms with Gasteiger partial charge in [0.2, 0.25) is 0 Å². The molecule has 1 atom stereocenters. The van der Waals surface area contributed by atoms with Crippen molar-refractivity contribution in [2.75, 3.05) is 0 Å². The first-order chi connectivity index (χ1) is 4.04. The van der Waals surface area contributed by atoms with Crippen molar-refractivity contribution in [3.05, 3.63) is 0 Å². The van der Waals surface area contributed by atoms with Crippen LogP contribution in [0.25, 0.3) is 0 Å². The molecule has 5 N–H and O–H groups in total. The van der Waals surface area contributed by atoms with Crippen molar-refractivity contribution in [3.63, 3.8) is 0 Å². The molecule has 0 aromatic heterocycles. The zero-order valence-electron chi connectivity index (χ0n) is 5.42. The number of hydrogen-bond acceptors (Lipinski definition) is 2. The summed E-state index contributed by atoms with van der Waals surface area (Å²) in [5.41, 5.74) is 4.84. The summed E-state index contributed by atoms with van der Waals surface area (Å²) < 4.78 is 0. The van der Waals surface area contributed by atoms with Gasteiger partial charge in [-0.3, -0.25) is 10.2 Å². The normalized spacial score (nSPS) is 10.9. The number of nitrogens with two attached hydrogens (primary N) is 1. The van der Waals surface area contributed by atoms with Crippen molar-refractivity contribution >= 4 is 24.3 Å². The molecule has 0 radical (unpaired) electrons. The first-order valence-electron chi connectivity index (χ1n) is 2.37. The first-order valence-corrected chi connectivity index (χ1v) is 2.37. The van der Waals surface area contributed by atoms with Gasteiger partial charge < -0.3 is 16.2 Å². The van der Waals surface area contributed by atoms with E-state index in [2.05, 4.69) is 5.32 Å². The molecule has 0 aliphatic heterocycles. The third-order valence-electron chi connectivity index (χ3n) is 0.742. The number of carboxylic acid groups (broad SMARTS) is 1. The van der Waals surface area contributed by atoms with Crippen molar-refractivity contribution in [1.29, 1.82) is 5.41 Å². The summed E-state index contributed by atoms with van der Waals surface area (Å²) >= 11 is 0. The SMILES string of the molecule is CC(NC(=N)N)C(=O)O.Cl. The number of nitrogens with one attached hydrogen (secondary N) is 2. The smallest absolute Gasteiger partial charge is 0.325 e. The third-order valence-corrected chi connectivity index (χ3v) is 0.742. The number of carboxylic acids is 1. The van der Waals surface area contributed by atoms with E-state index in [1.807, 2.05) is 0 Å². The Labute approximate surface area is 64.5 Å². The van der Waals surface area contributed by atoms with E-state index in [0.717, 1.165) is 0 Å². The Kier molecular flexibility index (Phi) is 5.73. The fourth-order valence-corrected chi connectivity index (χ4v) is 0.295. The number of aliphatic carboxylic acids is 1. The molecule has 0 aromatic carbocycles. The van der Waals surface area contributed by atoms with Crippen LogP contribution in [0.1, 0.15) is 6.92 Å². The fraction of sp³-hybridized carbons (Fsp3) is 0.500. The van der Waals surface area contributed by atoms with E-state index in [4.69, 9.17) is 16.2 Å². The fourth-order valence-electron chi connectivity index (χ4n) is 0.295. The van der Waals surface area contributed by atoms with E-state index < -0.39 is 12.0 Å². The van der Waals surface area contributed by atoms with Crippen molar-refractivity contribution < 1.29 is 9.90 Å². The summed E-state index contributed by atoms with van der Waals surface area (Å²) in [6.45, 7) is 1.41. The summed E-state index contributed by atoms with van der Waals surface area (Å²) in [6.07, 6.45) is 0. The molecule has 6 heteroatoms. The molecule has 0 aliphatic carbocycles. The molecule has 0 aliphatic rings. The lowest BCUT2D eigenvalue weighted by Crippen LogP contribution is -2.41. The van der Waals surface area contributed by atoms with Gasteiger partial charge in [0.1, 0.15) is 6.04 Å². The molecule has 0 rings (SSSR count). The highest BCUT2D eigenvalue weighted by atomic mass is 35.5. The van der Waals surface area contributed by atoms with Crippen LogP contribution in [0.5, 0.6) is 0 Å². The van der Waals surface area contributed by atoms with E-state index in [-0.39, 0.29) is 18.4 Å². The number of guanidine groups is 1. The molecule has 0 amide bonds. The van der Waals surface area contributed by atoms with Crippen molar-refractivity contribution in [2.24, 2.45) is 5.73 Å². The summed E-state index contributed by atoms with van der Waals surface area (Å²) in [5, 5.41) is 17.0. The predicted molar refractivity (Wildman–Crippen MR) is 39.4 cm³/mol. The van der Waals surface area contributed by atoms with Crippen LogP contribution >= 0.6 is 12.4 Å². The quantitative estimate of drug-likeness (QED) is 0.325. The van der Waals surface area contributed by atoms with Crippen LogP contribution in [-0.4, -0.2) is 23.1 Å². The maximum Gasteiger partial charge on any atom is 0.325 e. The van der Waals surface area contributed by atoms with Gasteiger partial charge in [-0.25, -0.2) is 0 Å². The van der Waals surface area contributed by atoms with E-state index >= 15 is 0 Å². The van der Waals surface area contributed by atoms with E-state index in [0.29, 0.717) is 0 Å². The molecule has 0 aromatic rings. The monoisotopic (exact) mass is 167 g/mol. The highest BCUT2D eigenvalue weighted by Gasteiger charge is 2.08. The maximum absolute atomic E-state index is 10.0. The first kappa shape index (κ1) is 11.8. The number of halogens is 1. The minimum absolute atomic E-state index is 0. The molecule has 0 saturated heterocycles. The standard InChI is InChI=1S/C4H9N3O2.ClH/c1-2(3(8)9)7-4(5)6;/h2H,1H3,(H,8,9)(H4,5,6,7);1H. The second-order valence-electron chi connectivity index (χ2n) is 1.62. The van der Waals surface area contributed by atoms with Gasteiger partial charge >= 0.3 is 5.97 Å². The van der Waals surface area contributed by atoms with E-state index in [1.54, 1.807) is 0 Å². The van der Waals surface area contributed by atoms with Crippen LogP contribution in [0.3, 0.4) is 0 Å². The van der Waals surface area contributed by atoms with Gasteiger partial charge in [0.15, 0.2) is 5.96 Å². The highest BCUT2D eigenvalue weighted by molar-refractivity contribution is 5.85. The van der Waals surface area contributed by atoms with Gasteiger partial charge in [-0.1, -0.05) is 0 Å². The molecular weight excluding hydrogens is 158 g/mol. The molecule has 1 unspecified atom stereocenters. The van der Waals surface area contributed by atoms with E-state index in [1.165, 1.54) is 6.92 Å². The largest absolute Gasteiger partial charge is 0.480 e. The van der Waals surface area contributed by atoms with Gasteiger partial charge in [-0.15, -0.1) is 12.4 Å². The van der Waals surface area contributed by atoms with Gasteiger partial charge in [-0.05, 0) is 6.92 Å². The summed E-state index contributed by atoms with van der Waals surface area (Å²) in [5.74, 6) is -1.35. The van der Waals surface area contributed by atoms with Crippen LogP contribution in [0, 0.1) is 5.41 Å². The molecule has 0 spiro atoms. The second kappa shape index (κ2) is 4.87. The Morgan fingerprint density at radius 3 is 2.30 bits per heavy atom. The van der Waals surface area contributed by atoms with E-state index in [9.17, 15) is 4.79 Å². The summed E-state index contributed by atoms with van der Waals surface area (Å²) in [4.78, 5) is 10.0. The summed E-state index contributed by atoms with van der Waals surface area (Å²) in [6, 6.07) is -0.789. The van der Waals surface area contributed by atoms with Gasteiger partial charge in [0, 0.05) is 0 Å². The molecule has 0 fully saturated rings. The average molecular weight is 168 g/mol. The molecular formula is C4H10ClN3O2. The van der Waals surface area contributed by atoms with Gasteiger partial charge in [-0.2, -0.15) is 0 Å². The van der Waals surface area contributed by atoms with Gasteiger partial charge in [0.25, 0.3) is 0 Å². The highest BCUT2D eigenvalue weighted by Crippen LogP contribution is 1.76. The third kappa shape index (κ3) is 5.17. The Morgan fingerprint density at radius 2 is 2.20 bits per heavy atom. The minimum atomic E-state index is -1.02. The predicted octanol–water partition coefficient (Wildman–Crippen LogP) is -0.636. The van der Waals surface area contributed by atoms with Gasteiger partial charge in [0.05, 0.1) is 0 Å². The lowest BCUT2D eigenvalue weighted by Gasteiger charge is -2.06. The minimum Gasteiger partial charge on any atom is -0.480 e. The van der Waals surface area contributed by atoms with Crippen LogP contribution < -0.4 is 11.1 Å². The molecule has 5 nitrogen and oxygen atoms in total. The van der Waals surface area contributed by atoms with Crippen LogP contribution in [-0.2, 0) is 4.79 Å². The molecule has 0 heterocycles. The Hall–Kier alpha value is -0.970. The Morgan fingerprint density at radius 1 is 1.80 bits per heavy atom. The molecule has 0 bridgehead atoms. The average Bonchev–Trinajstić information content (AvgIpc) is 1.63. The van der Waals surface area contributed by atoms with Crippen molar-refractivity contribution in [1.82, 2.24) is 5.32 Å².